The lowest BCUT2D eigenvalue weighted by Crippen LogP contribution is -2.40. The number of ether oxygens (including phenoxy) is 2. The van der Waals surface area contributed by atoms with E-state index in [0.29, 0.717) is 36.9 Å². The Kier molecular flexibility index (Phi) is 5.05. The maximum absolute atomic E-state index is 13.0. The van der Waals surface area contributed by atoms with Crippen LogP contribution < -0.4 is 19.7 Å². The molecule has 2 aromatic heterocycles. The molecule has 0 unspecified atom stereocenters. The highest BCUT2D eigenvalue weighted by Gasteiger charge is 2.27. The predicted molar refractivity (Wildman–Crippen MR) is 118 cm³/mol. The first-order valence-electron chi connectivity index (χ1n) is 10.6. The number of piperidine rings is 1. The van der Waals surface area contributed by atoms with Crippen LogP contribution in [0, 0.1) is 19.8 Å². The van der Waals surface area contributed by atoms with Gasteiger partial charge >= 0.3 is 0 Å². The lowest BCUT2D eigenvalue weighted by atomic mass is 9.96. The Morgan fingerprint density at radius 1 is 1.10 bits per heavy atom. The minimum absolute atomic E-state index is 0.0152. The highest BCUT2D eigenvalue weighted by molar-refractivity contribution is 5.93. The Balaban J connectivity index is 1.30. The van der Waals surface area contributed by atoms with E-state index in [-0.39, 0.29) is 11.8 Å². The van der Waals surface area contributed by atoms with Crippen LogP contribution in [0.2, 0.25) is 0 Å². The van der Waals surface area contributed by atoms with E-state index >= 15 is 0 Å². The smallest absolute Gasteiger partial charge is 0.229 e. The van der Waals surface area contributed by atoms with Gasteiger partial charge in [0.2, 0.25) is 5.91 Å². The summed E-state index contributed by atoms with van der Waals surface area (Å²) in [4.78, 5) is 28.8. The van der Waals surface area contributed by atoms with E-state index in [4.69, 9.17) is 9.47 Å². The van der Waals surface area contributed by atoms with E-state index in [1.807, 2.05) is 44.3 Å². The monoisotopic (exact) mass is 419 g/mol. The molecule has 1 N–H and O–H groups in total. The molecule has 2 aliphatic heterocycles. The van der Waals surface area contributed by atoms with Gasteiger partial charge in [0, 0.05) is 24.8 Å². The molecule has 1 atom stereocenters. The van der Waals surface area contributed by atoms with E-state index in [1.54, 1.807) is 0 Å². The maximum atomic E-state index is 13.0. The molecule has 1 amide bonds. The second kappa shape index (κ2) is 8.02. The minimum Gasteiger partial charge on any atom is -0.486 e. The van der Waals surface area contributed by atoms with Gasteiger partial charge in [-0.05, 0) is 44.9 Å². The molecule has 5 rings (SSSR count). The van der Waals surface area contributed by atoms with Crippen LogP contribution >= 0.6 is 0 Å². The number of amides is 1. The minimum atomic E-state index is -0.108. The van der Waals surface area contributed by atoms with Gasteiger partial charge in [-0.3, -0.25) is 4.79 Å². The van der Waals surface area contributed by atoms with Crippen LogP contribution in [0.4, 0.5) is 11.4 Å². The number of anilines is 2. The van der Waals surface area contributed by atoms with Gasteiger partial charge < -0.3 is 19.7 Å². The topological polar surface area (TPSA) is 89.5 Å². The van der Waals surface area contributed by atoms with Crippen LogP contribution in [0.3, 0.4) is 0 Å². The van der Waals surface area contributed by atoms with Gasteiger partial charge in [0.1, 0.15) is 18.7 Å². The molecule has 1 aromatic carbocycles. The predicted octanol–water partition coefficient (Wildman–Crippen LogP) is 3.27. The number of hydrogen-bond acceptors (Lipinski definition) is 7. The normalized spacial score (nSPS) is 18.1. The fraction of sp³-hybridized carbons (Fsp3) is 0.391. The van der Waals surface area contributed by atoms with Crippen molar-refractivity contribution in [2.24, 2.45) is 5.92 Å². The molecular weight excluding hydrogens is 394 g/mol. The number of rotatable bonds is 3. The van der Waals surface area contributed by atoms with Gasteiger partial charge in [0.15, 0.2) is 17.1 Å². The quantitative estimate of drug-likeness (QED) is 0.697. The maximum Gasteiger partial charge on any atom is 0.229 e. The molecule has 0 bridgehead atoms. The van der Waals surface area contributed by atoms with Crippen LogP contribution in [0.5, 0.6) is 11.5 Å². The van der Waals surface area contributed by atoms with Gasteiger partial charge in [-0.25, -0.2) is 15.0 Å². The summed E-state index contributed by atoms with van der Waals surface area (Å²) < 4.78 is 11.2. The molecule has 160 valence electrons. The van der Waals surface area contributed by atoms with Crippen molar-refractivity contribution in [2.45, 2.75) is 26.7 Å². The van der Waals surface area contributed by atoms with Crippen LogP contribution in [0.25, 0.3) is 11.2 Å². The summed E-state index contributed by atoms with van der Waals surface area (Å²) >= 11 is 0. The summed E-state index contributed by atoms with van der Waals surface area (Å²) in [5.74, 6) is 1.29. The first-order chi connectivity index (χ1) is 15.1. The Bertz CT molecular complexity index is 1150. The third kappa shape index (κ3) is 3.97. The van der Waals surface area contributed by atoms with E-state index < -0.39 is 0 Å². The lowest BCUT2D eigenvalue weighted by molar-refractivity contribution is -0.120. The van der Waals surface area contributed by atoms with Crippen molar-refractivity contribution in [2.75, 3.05) is 36.5 Å². The Morgan fingerprint density at radius 3 is 2.77 bits per heavy atom. The standard InChI is InChI=1S/C23H25N5O3/c1-14-15(2)26-22-19(25-14)11-18(12-24-22)28-7-3-4-16(13-28)23(29)27-17-5-6-20-21(10-17)31-9-8-30-20/h5-6,10-12,16H,3-4,7-9,13H2,1-2H3,(H,27,29)/t16-/m1/s1. The molecule has 0 spiro atoms. The van der Waals surface area contributed by atoms with Crippen molar-refractivity contribution >= 4 is 28.4 Å². The number of nitrogens with zero attached hydrogens (tertiary/aromatic N) is 4. The van der Waals surface area contributed by atoms with Crippen LogP contribution in [0.1, 0.15) is 24.2 Å². The summed E-state index contributed by atoms with van der Waals surface area (Å²) in [6.07, 6.45) is 3.62. The molecule has 0 aliphatic carbocycles. The number of aryl methyl sites for hydroxylation is 2. The van der Waals surface area contributed by atoms with Crippen molar-refractivity contribution in [3.8, 4) is 11.5 Å². The highest BCUT2D eigenvalue weighted by atomic mass is 16.6. The summed E-state index contributed by atoms with van der Waals surface area (Å²) in [5.41, 5.74) is 4.92. The Labute approximate surface area is 180 Å². The van der Waals surface area contributed by atoms with E-state index in [1.165, 1.54) is 0 Å². The summed E-state index contributed by atoms with van der Waals surface area (Å²) in [6, 6.07) is 7.52. The SMILES string of the molecule is Cc1nc2cc(N3CCC[C@@H](C(=O)Nc4ccc5c(c4)OCCO5)C3)cnc2nc1C. The molecule has 0 saturated carbocycles. The van der Waals surface area contributed by atoms with Crippen molar-refractivity contribution in [1.29, 1.82) is 0 Å². The van der Waals surface area contributed by atoms with E-state index in [2.05, 4.69) is 25.2 Å². The van der Waals surface area contributed by atoms with Crippen LogP contribution in [0.15, 0.2) is 30.5 Å². The average Bonchev–Trinajstić information content (AvgIpc) is 2.79. The van der Waals surface area contributed by atoms with E-state index in [9.17, 15) is 4.79 Å². The summed E-state index contributed by atoms with van der Waals surface area (Å²) in [7, 11) is 0. The second-order valence-corrected chi connectivity index (χ2v) is 8.06. The van der Waals surface area contributed by atoms with Crippen molar-refractivity contribution in [3.05, 3.63) is 41.9 Å². The number of carbonyl (C=O) groups is 1. The Morgan fingerprint density at radius 2 is 1.90 bits per heavy atom. The van der Waals surface area contributed by atoms with Gasteiger partial charge in [0.25, 0.3) is 0 Å². The Hall–Kier alpha value is -3.42. The van der Waals surface area contributed by atoms with Crippen molar-refractivity contribution in [1.82, 2.24) is 15.0 Å². The average molecular weight is 419 g/mol. The van der Waals surface area contributed by atoms with Gasteiger partial charge in [-0.15, -0.1) is 0 Å². The molecule has 4 heterocycles. The molecule has 8 nitrogen and oxygen atoms in total. The number of nitrogens with one attached hydrogen (secondary N) is 1. The van der Waals surface area contributed by atoms with Gasteiger partial charge in [-0.1, -0.05) is 0 Å². The molecule has 0 radical (unpaired) electrons. The number of benzene rings is 1. The largest absolute Gasteiger partial charge is 0.486 e. The number of aromatic nitrogens is 3. The number of fused-ring (bicyclic) bond motifs is 2. The van der Waals surface area contributed by atoms with Crippen molar-refractivity contribution in [3.63, 3.8) is 0 Å². The fourth-order valence-corrected chi connectivity index (χ4v) is 4.07. The second-order valence-electron chi connectivity index (χ2n) is 8.06. The molecular formula is C23H25N5O3. The number of carbonyl (C=O) groups excluding carboxylic acids is 1. The summed E-state index contributed by atoms with van der Waals surface area (Å²) in [6.45, 7) is 6.48. The van der Waals surface area contributed by atoms with Crippen LogP contribution in [-0.2, 0) is 4.79 Å². The third-order valence-corrected chi connectivity index (χ3v) is 5.89. The van der Waals surface area contributed by atoms with Crippen LogP contribution in [-0.4, -0.2) is 47.2 Å². The zero-order valence-corrected chi connectivity index (χ0v) is 17.7. The zero-order valence-electron chi connectivity index (χ0n) is 17.7. The van der Waals surface area contributed by atoms with Crippen molar-refractivity contribution < 1.29 is 14.3 Å². The third-order valence-electron chi connectivity index (χ3n) is 5.89. The first kappa shape index (κ1) is 19.5. The zero-order chi connectivity index (χ0) is 21.4. The molecule has 8 heteroatoms. The molecule has 2 aliphatic rings. The first-order valence-corrected chi connectivity index (χ1v) is 10.6. The molecule has 1 fully saturated rings. The fourth-order valence-electron chi connectivity index (χ4n) is 4.07. The highest BCUT2D eigenvalue weighted by Crippen LogP contribution is 2.33. The molecule has 1 saturated heterocycles. The lowest BCUT2D eigenvalue weighted by Gasteiger charge is -2.33. The molecule has 31 heavy (non-hydrogen) atoms. The summed E-state index contributed by atoms with van der Waals surface area (Å²) in [5, 5.41) is 3.04. The number of hydrogen-bond donors (Lipinski definition) is 1. The van der Waals surface area contributed by atoms with Gasteiger partial charge in [-0.2, -0.15) is 0 Å². The molecule has 3 aromatic rings. The van der Waals surface area contributed by atoms with E-state index in [0.717, 1.165) is 47.7 Å². The number of pyridine rings is 1. The van der Waals surface area contributed by atoms with Gasteiger partial charge in [0.05, 0.1) is 29.2 Å².